The number of aliphatic hydroxyl groups excluding tert-OH is 1. The Morgan fingerprint density at radius 2 is 2.33 bits per heavy atom. The maximum absolute atomic E-state index is 8.49. The molecule has 0 radical (unpaired) electrons. The second-order valence-corrected chi connectivity index (χ2v) is 1.84. The molecule has 0 aromatic carbocycles. The lowest BCUT2D eigenvalue weighted by Crippen LogP contribution is -2.20. The van der Waals surface area contributed by atoms with Crippen molar-refractivity contribution in [2.45, 2.75) is 6.10 Å². The van der Waals surface area contributed by atoms with Gasteiger partial charge in [-0.1, -0.05) is 0 Å². The van der Waals surface area contributed by atoms with E-state index in [-0.39, 0.29) is 19.5 Å². The largest absolute Gasteiger partial charge is 0.394 e. The van der Waals surface area contributed by atoms with Gasteiger partial charge in [0.05, 0.1) is 18.6 Å². The number of rotatable bonds is 5. The molecule has 0 aliphatic carbocycles. The summed E-state index contributed by atoms with van der Waals surface area (Å²) in [5, 5.41) is 8.49. The molecule has 0 spiro atoms. The van der Waals surface area contributed by atoms with E-state index in [1.54, 1.807) is 0 Å². The van der Waals surface area contributed by atoms with Crippen LogP contribution in [0, 0.1) is 0 Å². The Kier molecular flexibility index (Phi) is 6.41. The molecule has 0 aromatic heterocycles. The maximum atomic E-state index is 8.49. The summed E-state index contributed by atoms with van der Waals surface area (Å²) in [6.45, 7) is 0.116. The van der Waals surface area contributed by atoms with Gasteiger partial charge in [-0.25, -0.2) is 0 Å². The number of hydrogen-bond donors (Lipinski definition) is 1. The predicted molar refractivity (Wildman–Crippen MR) is 34.6 cm³/mol. The lowest BCUT2D eigenvalue weighted by Gasteiger charge is -2.09. The Morgan fingerprint density at radius 1 is 1.67 bits per heavy atom. The van der Waals surface area contributed by atoms with Crippen molar-refractivity contribution in [1.29, 1.82) is 0 Å². The van der Waals surface area contributed by atoms with Gasteiger partial charge in [-0.15, -0.1) is 11.6 Å². The third-order valence-corrected chi connectivity index (χ3v) is 1.14. The van der Waals surface area contributed by atoms with Crippen LogP contribution < -0.4 is 0 Å². The van der Waals surface area contributed by atoms with Gasteiger partial charge in [0.25, 0.3) is 0 Å². The molecule has 0 aliphatic heterocycles. The molecule has 0 aliphatic rings. The van der Waals surface area contributed by atoms with Crippen molar-refractivity contribution in [2.75, 3.05) is 26.4 Å². The van der Waals surface area contributed by atoms with Crippen LogP contribution in [-0.2, 0) is 9.47 Å². The fourth-order valence-electron chi connectivity index (χ4n) is 0.310. The minimum Gasteiger partial charge on any atom is -0.394 e. The van der Waals surface area contributed by atoms with Crippen LogP contribution in [-0.4, -0.2) is 37.6 Å². The van der Waals surface area contributed by atoms with Crippen molar-refractivity contribution in [3.8, 4) is 0 Å². The van der Waals surface area contributed by atoms with Crippen molar-refractivity contribution in [1.82, 2.24) is 0 Å². The molecule has 3 nitrogen and oxygen atoms in total. The van der Waals surface area contributed by atoms with Gasteiger partial charge < -0.3 is 14.6 Å². The summed E-state index contributed by atoms with van der Waals surface area (Å²) in [6.07, 6.45) is -0.299. The molecule has 0 aromatic rings. The first-order valence-electron chi connectivity index (χ1n) is 2.62. The maximum Gasteiger partial charge on any atom is 0.146 e. The molecule has 0 saturated heterocycles. The number of aliphatic hydroxyl groups is 1. The normalized spacial score (nSPS) is 13.7. The summed E-state index contributed by atoms with van der Waals surface area (Å²) in [7, 11) is 1.52. The summed E-state index contributed by atoms with van der Waals surface area (Å²) in [5.74, 6) is 0.292. The second-order valence-electron chi connectivity index (χ2n) is 1.53. The average molecular weight is 155 g/mol. The lowest BCUT2D eigenvalue weighted by atomic mass is 10.4. The van der Waals surface area contributed by atoms with Crippen LogP contribution in [0.4, 0.5) is 0 Å². The Bertz CT molecular complexity index is 56.2. The number of alkyl halides is 1. The standard InChI is InChI=1S/C5H11ClO3/c1-8-4-9-5(2-6)3-7/h5,7H,2-4H2,1H3. The zero-order valence-electron chi connectivity index (χ0n) is 5.34. The molecule has 0 bridgehead atoms. The van der Waals surface area contributed by atoms with E-state index in [4.69, 9.17) is 21.4 Å². The van der Waals surface area contributed by atoms with Gasteiger partial charge in [0, 0.05) is 7.11 Å². The minimum atomic E-state index is -0.299. The topological polar surface area (TPSA) is 38.7 Å². The van der Waals surface area contributed by atoms with Gasteiger partial charge in [0.2, 0.25) is 0 Å². The highest BCUT2D eigenvalue weighted by Crippen LogP contribution is 1.93. The van der Waals surface area contributed by atoms with Gasteiger partial charge in [-0.3, -0.25) is 0 Å². The molecule has 0 fully saturated rings. The van der Waals surface area contributed by atoms with E-state index in [1.807, 2.05) is 0 Å². The number of ether oxygens (including phenoxy) is 2. The first-order valence-corrected chi connectivity index (χ1v) is 3.16. The average Bonchev–Trinajstić information content (AvgIpc) is 1.91. The molecule has 1 atom stereocenters. The molecule has 0 amide bonds. The summed E-state index contributed by atoms with van der Waals surface area (Å²) in [6, 6.07) is 0. The van der Waals surface area contributed by atoms with E-state index in [1.165, 1.54) is 7.11 Å². The molecule has 1 N–H and O–H groups in total. The van der Waals surface area contributed by atoms with Gasteiger partial charge in [0.1, 0.15) is 6.79 Å². The van der Waals surface area contributed by atoms with Gasteiger partial charge in [-0.2, -0.15) is 0 Å². The van der Waals surface area contributed by atoms with Crippen LogP contribution in [0.1, 0.15) is 0 Å². The Balaban J connectivity index is 3.09. The van der Waals surface area contributed by atoms with Crippen LogP contribution in [0.15, 0.2) is 0 Å². The first-order chi connectivity index (χ1) is 4.35. The van der Waals surface area contributed by atoms with Crippen LogP contribution in [0.25, 0.3) is 0 Å². The van der Waals surface area contributed by atoms with Gasteiger partial charge in [-0.05, 0) is 0 Å². The Morgan fingerprint density at radius 3 is 2.67 bits per heavy atom. The first kappa shape index (κ1) is 9.17. The molecule has 0 heterocycles. The van der Waals surface area contributed by atoms with Gasteiger partial charge in [0.15, 0.2) is 0 Å². The number of hydrogen-bond acceptors (Lipinski definition) is 3. The van der Waals surface area contributed by atoms with E-state index in [0.717, 1.165) is 0 Å². The molecule has 1 unspecified atom stereocenters. The molecule has 56 valence electrons. The molecule has 0 saturated carbocycles. The minimum absolute atomic E-state index is 0.0626. The molecular formula is C5H11ClO3. The zero-order chi connectivity index (χ0) is 7.11. The van der Waals surface area contributed by atoms with E-state index >= 15 is 0 Å². The second kappa shape index (κ2) is 6.29. The van der Waals surface area contributed by atoms with Crippen molar-refractivity contribution in [3.05, 3.63) is 0 Å². The van der Waals surface area contributed by atoms with E-state index in [9.17, 15) is 0 Å². The summed E-state index contributed by atoms with van der Waals surface area (Å²) >= 11 is 5.36. The highest BCUT2D eigenvalue weighted by molar-refractivity contribution is 6.18. The van der Waals surface area contributed by atoms with Crippen LogP contribution in [0.5, 0.6) is 0 Å². The number of methoxy groups -OCH3 is 1. The molecular weight excluding hydrogens is 144 g/mol. The van der Waals surface area contributed by atoms with E-state index < -0.39 is 0 Å². The molecule has 0 rings (SSSR count). The molecule has 9 heavy (non-hydrogen) atoms. The van der Waals surface area contributed by atoms with E-state index in [0.29, 0.717) is 5.88 Å². The van der Waals surface area contributed by atoms with Crippen LogP contribution in [0.2, 0.25) is 0 Å². The third-order valence-electron chi connectivity index (χ3n) is 0.797. The lowest BCUT2D eigenvalue weighted by molar-refractivity contribution is -0.0784. The zero-order valence-corrected chi connectivity index (χ0v) is 6.10. The summed E-state index contributed by atoms with van der Waals surface area (Å²) in [4.78, 5) is 0. The Labute approximate surface area is 59.5 Å². The summed E-state index contributed by atoms with van der Waals surface area (Å²) in [5.41, 5.74) is 0. The highest BCUT2D eigenvalue weighted by Gasteiger charge is 2.03. The fourth-order valence-corrected chi connectivity index (χ4v) is 0.497. The predicted octanol–water partition coefficient (Wildman–Crippen LogP) is 0.207. The van der Waals surface area contributed by atoms with E-state index in [2.05, 4.69) is 4.74 Å². The quantitative estimate of drug-likeness (QED) is 0.455. The Hall–Kier alpha value is 0.170. The van der Waals surface area contributed by atoms with Gasteiger partial charge >= 0.3 is 0 Å². The highest BCUT2D eigenvalue weighted by atomic mass is 35.5. The molecule has 4 heteroatoms. The number of halogens is 1. The monoisotopic (exact) mass is 154 g/mol. The fraction of sp³-hybridized carbons (Fsp3) is 1.00. The van der Waals surface area contributed by atoms with Crippen LogP contribution in [0.3, 0.4) is 0 Å². The smallest absolute Gasteiger partial charge is 0.146 e. The third kappa shape index (κ3) is 4.66. The van der Waals surface area contributed by atoms with Crippen molar-refractivity contribution in [2.24, 2.45) is 0 Å². The SMILES string of the molecule is COCOC(CO)CCl. The van der Waals surface area contributed by atoms with Crippen molar-refractivity contribution in [3.63, 3.8) is 0 Å². The summed E-state index contributed by atoms with van der Waals surface area (Å²) < 4.78 is 9.47. The van der Waals surface area contributed by atoms with Crippen LogP contribution >= 0.6 is 11.6 Å². The van der Waals surface area contributed by atoms with Crippen molar-refractivity contribution < 1.29 is 14.6 Å². The van der Waals surface area contributed by atoms with Crippen molar-refractivity contribution >= 4 is 11.6 Å².